The maximum Gasteiger partial charge on any atom is 0.410 e. The molecule has 0 aromatic heterocycles. The summed E-state index contributed by atoms with van der Waals surface area (Å²) in [4.78, 5) is 41.6. The van der Waals surface area contributed by atoms with E-state index in [4.69, 9.17) is 4.74 Å². The second-order valence-electron chi connectivity index (χ2n) is 11.9. The van der Waals surface area contributed by atoms with E-state index in [1.165, 1.54) is 18.2 Å². The molecule has 232 valence electrons. The molecule has 4 rings (SSSR count). The lowest BCUT2D eigenvalue weighted by Gasteiger charge is -2.39. The second-order valence-corrected chi connectivity index (χ2v) is 11.9. The molecule has 2 aliphatic rings. The van der Waals surface area contributed by atoms with Gasteiger partial charge in [-0.15, -0.1) is 6.58 Å². The maximum absolute atomic E-state index is 14.2. The third-order valence-corrected chi connectivity index (χ3v) is 8.58. The highest BCUT2D eigenvalue weighted by atomic mass is 19.1. The highest BCUT2D eigenvalue weighted by Gasteiger charge is 2.41. The number of hydrogen-bond donors (Lipinski definition) is 1. The van der Waals surface area contributed by atoms with Gasteiger partial charge in [-0.05, 0) is 60.1 Å². The molecule has 2 heterocycles. The molecule has 2 aromatic rings. The van der Waals surface area contributed by atoms with Gasteiger partial charge in [-0.1, -0.05) is 32.1 Å². The molecule has 2 aliphatic heterocycles. The van der Waals surface area contributed by atoms with Gasteiger partial charge in [-0.25, -0.2) is 9.18 Å². The van der Waals surface area contributed by atoms with Gasteiger partial charge >= 0.3 is 12.1 Å². The maximum atomic E-state index is 14.2. The lowest BCUT2D eigenvalue weighted by atomic mass is 9.88. The van der Waals surface area contributed by atoms with Crippen molar-refractivity contribution in [1.82, 2.24) is 14.7 Å². The second kappa shape index (κ2) is 14.6. The van der Waals surface area contributed by atoms with Crippen molar-refractivity contribution in [3.05, 3.63) is 88.2 Å². The van der Waals surface area contributed by atoms with Crippen LogP contribution in [0, 0.1) is 27.8 Å². The highest BCUT2D eigenvalue weighted by Crippen LogP contribution is 2.36. The fourth-order valence-electron chi connectivity index (χ4n) is 6.49. The molecule has 0 spiro atoms. The lowest BCUT2D eigenvalue weighted by Crippen LogP contribution is -2.49. The van der Waals surface area contributed by atoms with E-state index >= 15 is 0 Å². The summed E-state index contributed by atoms with van der Waals surface area (Å²) in [6.07, 6.45) is 2.70. The average molecular weight is 597 g/mol. The van der Waals surface area contributed by atoms with Crippen molar-refractivity contribution in [3.8, 4) is 0 Å². The standard InChI is InChI=1S/C32H41FN4O6/c1-4-14-36(32(40)43-21-23-8-10-28(11-9-23)37(41)42)27-12-15-34(16-13-27)18-25-19-35(30(22(2)3)31(38)39)20-29(25)24-6-5-7-26(33)17-24/h4-11,17,22,25,27,29-30H,1,12-16,18-21H2,2-3H3,(H,38,39)/t25-,29+,30+/m0/s1. The monoisotopic (exact) mass is 596 g/mol. The Labute approximate surface area is 251 Å². The number of aliphatic carboxylic acids is 1. The van der Waals surface area contributed by atoms with Gasteiger partial charge in [0.15, 0.2) is 0 Å². The van der Waals surface area contributed by atoms with Crippen LogP contribution in [0.3, 0.4) is 0 Å². The first-order valence-electron chi connectivity index (χ1n) is 14.8. The number of piperidine rings is 1. The van der Waals surface area contributed by atoms with Gasteiger partial charge in [0.25, 0.3) is 5.69 Å². The van der Waals surface area contributed by atoms with Crippen molar-refractivity contribution in [3.63, 3.8) is 0 Å². The van der Waals surface area contributed by atoms with Crippen LogP contribution in [0.4, 0.5) is 14.9 Å². The highest BCUT2D eigenvalue weighted by molar-refractivity contribution is 5.74. The Kier molecular flexibility index (Phi) is 10.9. The Hall–Kier alpha value is -3.83. The number of likely N-dealkylation sites (tertiary alicyclic amines) is 2. The molecule has 10 nitrogen and oxygen atoms in total. The molecule has 2 saturated heterocycles. The topological polar surface area (TPSA) is 116 Å². The summed E-state index contributed by atoms with van der Waals surface area (Å²) in [6, 6.07) is 11.9. The summed E-state index contributed by atoms with van der Waals surface area (Å²) in [5.74, 6) is -1.04. The molecule has 2 aromatic carbocycles. The molecule has 0 saturated carbocycles. The Morgan fingerprint density at radius 1 is 1.19 bits per heavy atom. The predicted octanol–water partition coefficient (Wildman–Crippen LogP) is 5.15. The van der Waals surface area contributed by atoms with E-state index in [2.05, 4.69) is 11.5 Å². The fourth-order valence-corrected chi connectivity index (χ4v) is 6.49. The summed E-state index contributed by atoms with van der Waals surface area (Å²) in [6.45, 7) is 11.4. The molecule has 11 heteroatoms. The van der Waals surface area contributed by atoms with Crippen LogP contribution in [0.1, 0.15) is 43.7 Å². The first-order valence-corrected chi connectivity index (χ1v) is 14.8. The van der Waals surface area contributed by atoms with Crippen molar-refractivity contribution in [1.29, 1.82) is 0 Å². The minimum atomic E-state index is -0.836. The van der Waals surface area contributed by atoms with E-state index in [0.29, 0.717) is 25.2 Å². The molecular weight excluding hydrogens is 555 g/mol. The zero-order valence-corrected chi connectivity index (χ0v) is 24.8. The minimum absolute atomic E-state index is 0.0106. The number of benzene rings is 2. The molecule has 0 radical (unpaired) electrons. The van der Waals surface area contributed by atoms with Crippen LogP contribution in [-0.4, -0.2) is 88.1 Å². The van der Waals surface area contributed by atoms with Gasteiger partial charge in [-0.3, -0.25) is 19.8 Å². The Morgan fingerprint density at radius 2 is 1.88 bits per heavy atom. The average Bonchev–Trinajstić information content (AvgIpc) is 3.37. The normalized spacial score (nSPS) is 20.6. The fraction of sp³-hybridized carbons (Fsp3) is 0.500. The molecule has 0 bridgehead atoms. The first-order chi connectivity index (χ1) is 20.6. The minimum Gasteiger partial charge on any atom is -0.480 e. The molecule has 0 aliphatic carbocycles. The third-order valence-electron chi connectivity index (χ3n) is 8.58. The number of halogens is 1. The SMILES string of the molecule is C=CCN(C(=O)OCc1ccc([N+](=O)[O-])cc1)C1CCN(C[C@H]2CN([C@@H](C(=O)O)C(C)C)C[C@@H]2c2cccc(F)c2)CC1. The number of hydrogen-bond acceptors (Lipinski definition) is 7. The molecular formula is C32H41FN4O6. The van der Waals surface area contributed by atoms with Crippen molar-refractivity contribution >= 4 is 17.7 Å². The summed E-state index contributed by atoms with van der Waals surface area (Å²) in [7, 11) is 0. The number of carboxylic acids is 1. The summed E-state index contributed by atoms with van der Waals surface area (Å²) < 4.78 is 19.7. The van der Waals surface area contributed by atoms with Gasteiger partial charge in [-0.2, -0.15) is 0 Å². The van der Waals surface area contributed by atoms with Crippen molar-refractivity contribution in [2.75, 3.05) is 39.3 Å². The van der Waals surface area contributed by atoms with Crippen LogP contribution in [0.5, 0.6) is 0 Å². The van der Waals surface area contributed by atoms with E-state index < -0.39 is 23.0 Å². The van der Waals surface area contributed by atoms with Gasteiger partial charge in [0.1, 0.15) is 18.5 Å². The van der Waals surface area contributed by atoms with Gasteiger partial charge in [0.05, 0.1) is 4.92 Å². The summed E-state index contributed by atoms with van der Waals surface area (Å²) in [5, 5.41) is 20.8. The number of amides is 1. The number of non-ortho nitro benzene ring substituents is 1. The summed E-state index contributed by atoms with van der Waals surface area (Å²) >= 11 is 0. The Balaban J connectivity index is 1.37. The number of carbonyl (C=O) groups excluding carboxylic acids is 1. The third kappa shape index (κ3) is 8.17. The molecule has 1 amide bonds. The quantitative estimate of drug-likeness (QED) is 0.203. The van der Waals surface area contributed by atoms with Crippen LogP contribution in [0.2, 0.25) is 0 Å². The van der Waals surface area contributed by atoms with Crippen LogP contribution in [0.15, 0.2) is 61.2 Å². The van der Waals surface area contributed by atoms with Crippen molar-refractivity contribution in [2.45, 2.75) is 51.3 Å². The Morgan fingerprint density at radius 3 is 2.47 bits per heavy atom. The zero-order chi connectivity index (χ0) is 31.1. The number of carbonyl (C=O) groups is 2. The number of ether oxygens (including phenoxy) is 1. The summed E-state index contributed by atoms with van der Waals surface area (Å²) in [5.41, 5.74) is 1.53. The molecule has 0 unspecified atom stereocenters. The Bertz CT molecular complexity index is 1280. The van der Waals surface area contributed by atoms with Gasteiger partial charge in [0, 0.05) is 63.4 Å². The van der Waals surface area contributed by atoms with Gasteiger partial charge < -0.3 is 19.6 Å². The number of nitro groups is 1. The molecule has 2 fully saturated rings. The largest absolute Gasteiger partial charge is 0.480 e. The van der Waals surface area contributed by atoms with Crippen LogP contribution in [0.25, 0.3) is 0 Å². The molecule has 1 N–H and O–H groups in total. The lowest BCUT2D eigenvalue weighted by molar-refractivity contribution is -0.384. The van der Waals surface area contributed by atoms with E-state index in [1.54, 1.807) is 35.2 Å². The number of rotatable bonds is 12. The van der Waals surface area contributed by atoms with E-state index in [9.17, 15) is 29.2 Å². The van der Waals surface area contributed by atoms with Crippen molar-refractivity contribution in [2.24, 2.45) is 11.8 Å². The van der Waals surface area contributed by atoms with E-state index in [0.717, 1.165) is 38.0 Å². The van der Waals surface area contributed by atoms with Gasteiger partial charge in [0.2, 0.25) is 0 Å². The smallest absolute Gasteiger partial charge is 0.410 e. The van der Waals surface area contributed by atoms with Crippen LogP contribution in [-0.2, 0) is 16.1 Å². The first kappa shape index (κ1) is 32.1. The van der Waals surface area contributed by atoms with Crippen LogP contribution < -0.4 is 0 Å². The predicted molar refractivity (Wildman–Crippen MR) is 160 cm³/mol. The molecule has 43 heavy (non-hydrogen) atoms. The zero-order valence-electron chi connectivity index (χ0n) is 24.8. The van der Waals surface area contributed by atoms with E-state index in [-0.39, 0.29) is 41.9 Å². The number of nitro benzene ring substituents is 1. The van der Waals surface area contributed by atoms with Crippen LogP contribution >= 0.6 is 0 Å². The molecule has 3 atom stereocenters. The number of carboxylic acid groups (broad SMARTS) is 1. The van der Waals surface area contributed by atoms with E-state index in [1.807, 2.05) is 24.8 Å². The number of nitrogens with zero attached hydrogens (tertiary/aromatic N) is 4. The van der Waals surface area contributed by atoms with Crippen molar-refractivity contribution < 1.29 is 28.7 Å².